The predicted molar refractivity (Wildman–Crippen MR) is 90.3 cm³/mol. The van der Waals surface area contributed by atoms with E-state index in [1.54, 1.807) is 0 Å². The Morgan fingerprint density at radius 1 is 1.04 bits per heavy atom. The monoisotopic (exact) mass is 320 g/mol. The number of hydrogen-bond donors (Lipinski definition) is 0. The van der Waals surface area contributed by atoms with Gasteiger partial charge in [0.1, 0.15) is 5.75 Å². The molecule has 0 unspecified atom stereocenters. The van der Waals surface area contributed by atoms with Crippen LogP contribution in [0.15, 0.2) is 24.3 Å². The van der Waals surface area contributed by atoms with Gasteiger partial charge in [-0.3, -0.25) is 9.59 Å². The Bertz CT molecular complexity index is 494. The van der Waals surface area contributed by atoms with E-state index in [0.29, 0.717) is 44.0 Å². The van der Waals surface area contributed by atoms with Crippen LogP contribution in [0.4, 0.5) is 0 Å². The normalized spacial score (nSPS) is 10.6. The zero-order valence-corrected chi connectivity index (χ0v) is 14.5. The largest absolute Gasteiger partial charge is 0.465 e. The van der Waals surface area contributed by atoms with Gasteiger partial charge in [0, 0.05) is 12.8 Å². The van der Waals surface area contributed by atoms with Crippen molar-refractivity contribution < 1.29 is 19.1 Å². The van der Waals surface area contributed by atoms with Crippen molar-refractivity contribution in [2.45, 2.75) is 59.3 Å². The number of benzene rings is 1. The standard InChI is InChI=1S/C19H28O4/c1-4-9-16-10-5-6-11-17(16)23-19(21)13-8-7-12-18(20)22-14-15(2)3/h5-6,10-11,15H,4,7-9,12-14H2,1-3H3. The second kappa shape index (κ2) is 10.8. The van der Waals surface area contributed by atoms with Crippen molar-refractivity contribution in [2.24, 2.45) is 5.92 Å². The van der Waals surface area contributed by atoms with E-state index in [4.69, 9.17) is 9.47 Å². The summed E-state index contributed by atoms with van der Waals surface area (Å²) in [4.78, 5) is 23.4. The van der Waals surface area contributed by atoms with Gasteiger partial charge in [-0.1, -0.05) is 45.4 Å². The van der Waals surface area contributed by atoms with Crippen molar-refractivity contribution in [2.75, 3.05) is 6.61 Å². The van der Waals surface area contributed by atoms with E-state index >= 15 is 0 Å². The van der Waals surface area contributed by atoms with Crippen LogP contribution in [-0.4, -0.2) is 18.5 Å². The molecule has 1 aromatic carbocycles. The third kappa shape index (κ3) is 8.38. The number of carbonyl (C=O) groups excluding carboxylic acids is 2. The van der Waals surface area contributed by atoms with Crippen LogP contribution in [0.2, 0.25) is 0 Å². The van der Waals surface area contributed by atoms with Gasteiger partial charge in [-0.25, -0.2) is 0 Å². The summed E-state index contributed by atoms with van der Waals surface area (Å²) in [5, 5.41) is 0. The minimum absolute atomic E-state index is 0.194. The summed E-state index contributed by atoms with van der Waals surface area (Å²) in [5.41, 5.74) is 1.06. The van der Waals surface area contributed by atoms with Crippen molar-refractivity contribution in [3.05, 3.63) is 29.8 Å². The summed E-state index contributed by atoms with van der Waals surface area (Å²) in [6.07, 6.45) is 3.84. The van der Waals surface area contributed by atoms with Crippen LogP contribution in [0.1, 0.15) is 58.4 Å². The Morgan fingerprint density at radius 2 is 1.70 bits per heavy atom. The lowest BCUT2D eigenvalue weighted by Gasteiger charge is -2.09. The third-order valence-electron chi connectivity index (χ3n) is 3.31. The van der Waals surface area contributed by atoms with Crippen LogP contribution in [-0.2, 0) is 20.7 Å². The topological polar surface area (TPSA) is 52.6 Å². The van der Waals surface area contributed by atoms with Crippen LogP contribution >= 0.6 is 0 Å². The van der Waals surface area contributed by atoms with Gasteiger partial charge in [-0.2, -0.15) is 0 Å². The zero-order chi connectivity index (χ0) is 17.1. The first-order valence-electron chi connectivity index (χ1n) is 8.47. The summed E-state index contributed by atoms with van der Waals surface area (Å²) in [5.74, 6) is 0.553. The Hall–Kier alpha value is -1.84. The molecule has 0 spiro atoms. The van der Waals surface area contributed by atoms with E-state index in [2.05, 4.69) is 6.92 Å². The number of rotatable bonds is 10. The second-order valence-corrected chi connectivity index (χ2v) is 6.12. The number of hydrogen-bond acceptors (Lipinski definition) is 4. The van der Waals surface area contributed by atoms with E-state index in [9.17, 15) is 9.59 Å². The van der Waals surface area contributed by atoms with Gasteiger partial charge >= 0.3 is 11.9 Å². The minimum atomic E-state index is -0.246. The van der Waals surface area contributed by atoms with Crippen LogP contribution < -0.4 is 4.74 Å². The van der Waals surface area contributed by atoms with Gasteiger partial charge in [0.2, 0.25) is 0 Å². The molecule has 0 aliphatic rings. The van der Waals surface area contributed by atoms with Gasteiger partial charge in [-0.15, -0.1) is 0 Å². The number of ether oxygens (including phenoxy) is 2. The molecule has 0 heterocycles. The van der Waals surface area contributed by atoms with E-state index in [-0.39, 0.29) is 11.9 Å². The fraction of sp³-hybridized carbons (Fsp3) is 0.579. The quantitative estimate of drug-likeness (QED) is 0.366. The molecule has 0 aliphatic carbocycles. The lowest BCUT2D eigenvalue weighted by molar-refractivity contribution is -0.145. The smallest absolute Gasteiger partial charge is 0.311 e. The van der Waals surface area contributed by atoms with Crippen molar-refractivity contribution in [1.29, 1.82) is 0 Å². The average Bonchev–Trinajstić information content (AvgIpc) is 2.51. The average molecular weight is 320 g/mol. The molecule has 0 aromatic heterocycles. The molecule has 0 radical (unpaired) electrons. The SMILES string of the molecule is CCCc1ccccc1OC(=O)CCCCC(=O)OCC(C)C. The van der Waals surface area contributed by atoms with Crippen molar-refractivity contribution >= 4 is 11.9 Å². The molecule has 0 atom stereocenters. The number of aryl methyl sites for hydroxylation is 1. The molecule has 0 fully saturated rings. The van der Waals surface area contributed by atoms with E-state index in [1.165, 1.54) is 0 Å². The van der Waals surface area contributed by atoms with Crippen LogP contribution in [0.5, 0.6) is 5.75 Å². The molecular weight excluding hydrogens is 292 g/mol. The maximum atomic E-state index is 11.9. The summed E-state index contributed by atoms with van der Waals surface area (Å²) in [7, 11) is 0. The number of para-hydroxylation sites is 1. The molecular formula is C19H28O4. The van der Waals surface area contributed by atoms with Crippen LogP contribution in [0.3, 0.4) is 0 Å². The first-order valence-corrected chi connectivity index (χ1v) is 8.47. The zero-order valence-electron chi connectivity index (χ0n) is 14.5. The highest BCUT2D eigenvalue weighted by Gasteiger charge is 2.10. The van der Waals surface area contributed by atoms with E-state index < -0.39 is 0 Å². The maximum absolute atomic E-state index is 11.9. The number of carbonyl (C=O) groups is 2. The molecule has 4 nitrogen and oxygen atoms in total. The molecule has 0 bridgehead atoms. The summed E-state index contributed by atoms with van der Waals surface area (Å²) in [6.45, 7) is 6.55. The van der Waals surface area contributed by atoms with Crippen LogP contribution in [0, 0.1) is 5.92 Å². The Kier molecular flexibility index (Phi) is 9.03. The molecule has 128 valence electrons. The van der Waals surface area contributed by atoms with Crippen molar-refractivity contribution in [1.82, 2.24) is 0 Å². The lowest BCUT2D eigenvalue weighted by atomic mass is 10.1. The third-order valence-corrected chi connectivity index (χ3v) is 3.31. The molecule has 23 heavy (non-hydrogen) atoms. The molecule has 0 N–H and O–H groups in total. The molecule has 0 saturated heterocycles. The Morgan fingerprint density at radius 3 is 2.35 bits per heavy atom. The molecule has 1 aromatic rings. The number of unbranched alkanes of at least 4 members (excludes halogenated alkanes) is 1. The van der Waals surface area contributed by atoms with Gasteiger partial charge < -0.3 is 9.47 Å². The molecule has 0 aliphatic heterocycles. The second-order valence-electron chi connectivity index (χ2n) is 6.12. The van der Waals surface area contributed by atoms with Gasteiger partial charge in [-0.05, 0) is 36.8 Å². The Balaban J connectivity index is 2.26. The first kappa shape index (κ1) is 19.2. The van der Waals surface area contributed by atoms with E-state index in [1.807, 2.05) is 38.1 Å². The first-order chi connectivity index (χ1) is 11.0. The Labute approximate surface area is 139 Å². The lowest BCUT2D eigenvalue weighted by Crippen LogP contribution is -2.11. The molecule has 1 rings (SSSR count). The van der Waals surface area contributed by atoms with Gasteiger partial charge in [0.25, 0.3) is 0 Å². The molecule has 0 amide bonds. The summed E-state index contributed by atoms with van der Waals surface area (Å²) in [6, 6.07) is 7.63. The maximum Gasteiger partial charge on any atom is 0.311 e. The molecule has 0 saturated carbocycles. The fourth-order valence-corrected chi connectivity index (χ4v) is 2.12. The highest BCUT2D eigenvalue weighted by Crippen LogP contribution is 2.20. The van der Waals surface area contributed by atoms with Gasteiger partial charge in [0.15, 0.2) is 0 Å². The van der Waals surface area contributed by atoms with E-state index in [0.717, 1.165) is 18.4 Å². The van der Waals surface area contributed by atoms with Crippen LogP contribution in [0.25, 0.3) is 0 Å². The van der Waals surface area contributed by atoms with Gasteiger partial charge in [0.05, 0.1) is 6.61 Å². The van der Waals surface area contributed by atoms with Crippen molar-refractivity contribution in [3.63, 3.8) is 0 Å². The highest BCUT2D eigenvalue weighted by molar-refractivity contribution is 5.73. The fourth-order valence-electron chi connectivity index (χ4n) is 2.12. The summed E-state index contributed by atoms with van der Waals surface area (Å²) >= 11 is 0. The number of esters is 2. The highest BCUT2D eigenvalue weighted by atomic mass is 16.5. The predicted octanol–water partition coefficient (Wildman–Crippen LogP) is 4.30. The van der Waals surface area contributed by atoms with Crippen molar-refractivity contribution in [3.8, 4) is 5.75 Å². The molecule has 4 heteroatoms. The minimum Gasteiger partial charge on any atom is -0.465 e. The summed E-state index contributed by atoms with van der Waals surface area (Å²) < 4.78 is 10.5.